The Hall–Kier alpha value is -9.92. The molecule has 0 spiro atoms. The van der Waals surface area contributed by atoms with Gasteiger partial charge in [0.05, 0.1) is 30.6 Å². The van der Waals surface area contributed by atoms with E-state index in [-0.39, 0.29) is 22.1 Å². The lowest BCUT2D eigenvalue weighted by atomic mass is 10.1. The van der Waals surface area contributed by atoms with Gasteiger partial charge >= 0.3 is 5.69 Å². The predicted octanol–water partition coefficient (Wildman–Crippen LogP) is 6.27. The van der Waals surface area contributed by atoms with Crippen LogP contribution in [-0.4, -0.2) is 52.7 Å². The first-order valence-electron chi connectivity index (χ1n) is 19.2. The third-order valence-corrected chi connectivity index (χ3v) is 9.38. The number of thiol groups is 1. The van der Waals surface area contributed by atoms with Gasteiger partial charge in [0.2, 0.25) is 10.4 Å². The van der Waals surface area contributed by atoms with Crippen LogP contribution >= 0.6 is 24.2 Å². The van der Waals surface area contributed by atoms with E-state index < -0.39 is 0 Å². The Kier molecular flexibility index (Phi) is 22.5. The summed E-state index contributed by atoms with van der Waals surface area (Å²) >= 11 is 4.77. The second-order valence-corrected chi connectivity index (χ2v) is 13.4. The van der Waals surface area contributed by atoms with Crippen molar-refractivity contribution < 1.29 is 25.5 Å². The first kappa shape index (κ1) is 50.7. The van der Waals surface area contributed by atoms with E-state index in [2.05, 4.69) is 204 Å². The van der Waals surface area contributed by atoms with E-state index in [1.54, 1.807) is 44.7 Å². The average Bonchev–Trinajstić information content (AvgIpc) is 3.94. The second kappa shape index (κ2) is 30.2. The van der Waals surface area contributed by atoms with Gasteiger partial charge in [0.1, 0.15) is 28.0 Å². The van der Waals surface area contributed by atoms with Crippen LogP contribution in [0.5, 0.6) is 5.75 Å². The topological polar surface area (TPSA) is 214 Å². The summed E-state index contributed by atoms with van der Waals surface area (Å²) in [7, 11) is 1.65. The van der Waals surface area contributed by atoms with Gasteiger partial charge in [-0.05, 0) is 157 Å². The summed E-state index contributed by atoms with van der Waals surface area (Å²) in [4.78, 5) is 31.3. The van der Waals surface area contributed by atoms with E-state index in [9.17, 15) is 10.0 Å². The quantitative estimate of drug-likeness (QED) is 0.0445. The number of fused-ring (bicyclic) bond motifs is 5. The summed E-state index contributed by atoms with van der Waals surface area (Å²) in [5.41, 5.74) is 2.76. The highest BCUT2D eigenvalue weighted by Crippen LogP contribution is 2.36. The van der Waals surface area contributed by atoms with Crippen LogP contribution in [0.4, 0.5) is 0 Å². The normalized spacial score (nSPS) is 10.5. The predicted molar refractivity (Wildman–Crippen MR) is 273 cm³/mol. The largest absolute Gasteiger partial charge is 0.497 e. The van der Waals surface area contributed by atoms with Crippen LogP contribution in [-0.2, 0) is 30.3 Å². The number of methoxy groups -OCH3 is 1. The van der Waals surface area contributed by atoms with Gasteiger partial charge in [0, 0.05) is 64.1 Å². The van der Waals surface area contributed by atoms with Gasteiger partial charge in [0.25, 0.3) is 0 Å². The first-order valence-corrected chi connectivity index (χ1v) is 20.4. The van der Waals surface area contributed by atoms with Crippen molar-refractivity contribution >= 4 is 40.1 Å². The number of hydrogen-bond donors (Lipinski definition) is 2. The van der Waals surface area contributed by atoms with E-state index in [4.69, 9.17) is 4.74 Å². The molecule has 1 aliphatic heterocycles. The Balaban J connectivity index is -0.000000357. The van der Waals surface area contributed by atoms with Gasteiger partial charge in [-0.1, -0.05) is 42.1 Å². The lowest BCUT2D eigenvalue weighted by molar-refractivity contribution is -0.744. The Morgan fingerprint density at radius 3 is 1.88 bits per heavy atom. The molecule has 0 fully saturated rings. The van der Waals surface area contributed by atoms with Crippen molar-refractivity contribution in [2.45, 2.75) is 46.3 Å². The summed E-state index contributed by atoms with van der Waals surface area (Å²) in [5.74, 6) is 61.7. The van der Waals surface area contributed by atoms with Crippen LogP contribution < -0.4 is 16.3 Å². The molecule has 18 nitrogen and oxygen atoms in total. The van der Waals surface area contributed by atoms with Crippen molar-refractivity contribution in [1.29, 1.82) is 0 Å². The summed E-state index contributed by atoms with van der Waals surface area (Å²) in [6.07, 6.45) is 6.98. The number of thiophene rings is 1. The molecule has 1 aliphatic rings. The van der Waals surface area contributed by atoms with Crippen LogP contribution in [0, 0.1) is 135 Å². The molecule has 0 saturated carbocycles. The molecule has 0 bridgehead atoms. The van der Waals surface area contributed by atoms with Gasteiger partial charge in [0.15, 0.2) is 5.65 Å². The number of hydrogen-bond acceptors (Lipinski definition) is 12. The fourth-order valence-corrected chi connectivity index (χ4v) is 6.83. The number of nitrogens with zero attached hydrogens (tertiary/aromatic N) is 13. The number of aryl methyl sites for hydroxylation is 1. The molecule has 346 valence electrons. The van der Waals surface area contributed by atoms with Crippen molar-refractivity contribution in [2.24, 2.45) is 32.0 Å². The molecule has 0 aliphatic carbocycles. The lowest BCUT2D eigenvalue weighted by Gasteiger charge is -2.18. The summed E-state index contributed by atoms with van der Waals surface area (Å²) in [5, 5.41) is 28.8. The van der Waals surface area contributed by atoms with Gasteiger partial charge in [-0.15, -0.1) is 11.3 Å². The molecular weight excluding hydrogens is 901 g/mol. The zero-order valence-corrected chi connectivity index (χ0v) is 38.0. The Labute approximate surface area is 412 Å². The highest BCUT2D eigenvalue weighted by atomic mass is 32.1. The zero-order valence-electron chi connectivity index (χ0n) is 36.2. The van der Waals surface area contributed by atoms with E-state index in [0.29, 0.717) is 18.7 Å². The zero-order chi connectivity index (χ0) is 48.4. The average molecular weight is 949 g/mol. The molecule has 0 unspecified atom stereocenters. The molecule has 0 radical (unpaired) electrons. The SMILES string of the molecule is CC#CC#CC#CC#CC#CC#CC#CC#CC#CC#CC#CC.COc1ccc(Cn2c(=O)n3ncnc3c3c4c(sc32)CN(Cc2ncccn2)CCC4)cc1.NN=NN=NN=[N+]([O-])OS.[HH].[HH].[HH].[HH].[HH].[HH].[HH].[HH]. The molecule has 6 rings (SSSR count). The molecule has 5 heterocycles. The van der Waals surface area contributed by atoms with Crippen LogP contribution in [0.15, 0.2) is 80.0 Å². The molecule has 68 heavy (non-hydrogen) atoms. The molecule has 5 aromatic rings. The number of aromatic nitrogens is 6. The maximum absolute atomic E-state index is 13.4. The molecule has 2 N–H and O–H groups in total. The number of nitrogens with two attached hydrogens (primary N) is 1. The molecule has 1 aromatic carbocycles. The molecule has 0 saturated heterocycles. The van der Waals surface area contributed by atoms with Gasteiger partial charge in [-0.25, -0.2) is 19.7 Å². The first-order chi connectivity index (χ1) is 33.4. The minimum atomic E-state index is -0.293. The minimum Gasteiger partial charge on any atom is -0.497 e. The molecule has 20 heteroatoms. The van der Waals surface area contributed by atoms with Crippen molar-refractivity contribution in [3.8, 4) is 136 Å². The Morgan fingerprint density at radius 1 is 0.809 bits per heavy atom. The summed E-state index contributed by atoms with van der Waals surface area (Å²) < 4.78 is 12.2. The number of benzene rings is 1. The number of ether oxygens (including phenoxy) is 1. The van der Waals surface area contributed by atoms with Crippen molar-refractivity contribution in [3.05, 3.63) is 86.6 Å². The van der Waals surface area contributed by atoms with Crippen molar-refractivity contribution in [2.75, 3.05) is 13.7 Å². The summed E-state index contributed by atoms with van der Waals surface area (Å²) in [6, 6.07) is 9.64. The summed E-state index contributed by atoms with van der Waals surface area (Å²) in [6.45, 7) is 6.32. The van der Waals surface area contributed by atoms with Crippen LogP contribution in [0.2, 0.25) is 0 Å². The minimum absolute atomic E-state index is 0. The maximum atomic E-state index is 13.4. The van der Waals surface area contributed by atoms with E-state index in [0.717, 1.165) is 53.3 Å². The third kappa shape index (κ3) is 17.3. The maximum Gasteiger partial charge on any atom is 0.352 e. The molecule has 4 aromatic heterocycles. The van der Waals surface area contributed by atoms with Crippen molar-refractivity contribution in [3.63, 3.8) is 0 Å². The smallest absolute Gasteiger partial charge is 0.352 e. The Morgan fingerprint density at radius 2 is 1.37 bits per heavy atom. The fourth-order valence-electron chi connectivity index (χ4n) is 5.42. The third-order valence-electron chi connectivity index (χ3n) is 8.01. The lowest BCUT2D eigenvalue weighted by Crippen LogP contribution is -2.28. The molecule has 0 amide bonds. The Bertz CT molecular complexity index is 3430. The standard InChI is InChI=1S/C24H23N7O2S.C24H6.H3N7O2S.8H2/c1-33-17-7-5-16(6-8-17)12-30-23-21(22-27-15-28-31(22)24(30)32)18-4-2-11-29(13-19(18)34-23)14-20-25-9-3-10-26-20;1-3-5-7-9-11-13-15-17-19-21-23-24-22-20-18-16-14-12-10-8-6-4-2;1-2-3-4-5-6-7(8)9-10;;;;;;;;/h3,5-10,15H,2,4,11-14H2,1H3;1-2H3;10H,(H2,1,3,5);8*1H. The van der Waals surface area contributed by atoms with Gasteiger partial charge < -0.3 is 20.1 Å². The molecular formula is C48H48N14O4S2. The van der Waals surface area contributed by atoms with E-state index >= 15 is 0 Å². The van der Waals surface area contributed by atoms with Gasteiger partial charge in [-0.3, -0.25) is 9.47 Å². The highest BCUT2D eigenvalue weighted by molar-refractivity contribution is 7.74. The highest BCUT2D eigenvalue weighted by Gasteiger charge is 2.25. The second-order valence-electron chi connectivity index (χ2n) is 12.2. The van der Waals surface area contributed by atoms with Gasteiger partial charge in [-0.2, -0.15) is 9.61 Å². The monoisotopic (exact) mass is 948 g/mol. The number of rotatable bonds is 8. The fraction of sp³-hybridized carbons (Fsp3) is 0.188. The molecule has 0 atom stereocenters. The van der Waals surface area contributed by atoms with Crippen LogP contribution in [0.25, 0.3) is 15.9 Å². The van der Waals surface area contributed by atoms with Crippen LogP contribution in [0.3, 0.4) is 0 Å². The van der Waals surface area contributed by atoms with E-state index in [1.165, 1.54) is 21.3 Å². The van der Waals surface area contributed by atoms with Crippen LogP contribution in [0.1, 0.15) is 53.5 Å². The van der Waals surface area contributed by atoms with E-state index in [1.807, 2.05) is 34.9 Å². The van der Waals surface area contributed by atoms with Crippen molar-refractivity contribution in [1.82, 2.24) is 34.0 Å².